The van der Waals surface area contributed by atoms with Crippen LogP contribution >= 0.6 is 0 Å². The summed E-state index contributed by atoms with van der Waals surface area (Å²) in [7, 11) is 1.67. The van der Waals surface area contributed by atoms with Crippen LogP contribution in [0.15, 0.2) is 42.5 Å². The van der Waals surface area contributed by atoms with E-state index in [0.717, 1.165) is 27.8 Å². The van der Waals surface area contributed by atoms with Gasteiger partial charge in [0.15, 0.2) is 0 Å². The van der Waals surface area contributed by atoms with Crippen LogP contribution in [0.2, 0.25) is 0 Å². The maximum atomic E-state index is 11.2. The molecule has 0 heterocycles. The van der Waals surface area contributed by atoms with Crippen molar-refractivity contribution >= 4 is 16.7 Å². The smallest absolute Gasteiger partial charge is 0.333 e. The third kappa shape index (κ3) is 6.25. The lowest BCUT2D eigenvalue weighted by atomic mass is 10.0. The summed E-state index contributed by atoms with van der Waals surface area (Å²) in [6.45, 7) is 9.41. The molecule has 0 aromatic heterocycles. The highest BCUT2D eigenvalue weighted by atomic mass is 16.6. The number of carbonyl (C=O) groups is 1. The van der Waals surface area contributed by atoms with Crippen LogP contribution in [0.3, 0.4) is 0 Å². The number of carbonyl (C=O) groups excluding carboxylic acids is 1. The highest BCUT2D eigenvalue weighted by Crippen LogP contribution is 2.36. The highest BCUT2D eigenvalue weighted by Gasteiger charge is 2.11. The molecule has 2 rings (SSSR count). The summed E-state index contributed by atoms with van der Waals surface area (Å²) in [5.74, 6) is 1.27. The van der Waals surface area contributed by atoms with Crippen molar-refractivity contribution in [2.45, 2.75) is 13.8 Å². The van der Waals surface area contributed by atoms with Crippen LogP contribution in [-0.2, 0) is 19.0 Å². The Hall–Kier alpha value is -2.57. The Morgan fingerprint density at radius 2 is 1.57 bits per heavy atom. The zero-order valence-corrected chi connectivity index (χ0v) is 16.8. The van der Waals surface area contributed by atoms with Crippen LogP contribution in [0.4, 0.5) is 0 Å². The lowest BCUT2D eigenvalue weighted by Gasteiger charge is -2.15. The third-order valence-electron chi connectivity index (χ3n) is 4.02. The fourth-order valence-corrected chi connectivity index (χ4v) is 2.65. The summed E-state index contributed by atoms with van der Waals surface area (Å²) in [6.07, 6.45) is 0. The zero-order chi connectivity index (χ0) is 20.4. The van der Waals surface area contributed by atoms with Gasteiger partial charge < -0.3 is 23.7 Å². The van der Waals surface area contributed by atoms with Crippen LogP contribution in [0.1, 0.15) is 12.5 Å². The van der Waals surface area contributed by atoms with Gasteiger partial charge in [-0.1, -0.05) is 30.8 Å². The number of benzene rings is 2. The molecule has 2 aromatic carbocycles. The molecule has 0 saturated carbocycles. The van der Waals surface area contributed by atoms with Gasteiger partial charge in [-0.25, -0.2) is 4.79 Å². The monoisotopic (exact) mass is 388 g/mol. The molecule has 0 N–H and O–H groups in total. The Kier molecular flexibility index (Phi) is 8.78. The van der Waals surface area contributed by atoms with E-state index in [1.165, 1.54) is 0 Å². The van der Waals surface area contributed by atoms with Gasteiger partial charge in [-0.15, -0.1) is 0 Å². The molecule has 28 heavy (non-hydrogen) atoms. The largest absolute Gasteiger partial charge is 0.496 e. The normalized spacial score (nSPS) is 10.7. The summed E-state index contributed by atoms with van der Waals surface area (Å²) in [5, 5.41) is 2.04. The first-order chi connectivity index (χ1) is 13.5. The van der Waals surface area contributed by atoms with Crippen molar-refractivity contribution in [3.8, 4) is 11.5 Å². The molecule has 0 fully saturated rings. The molecular formula is C22H28O6. The first kappa shape index (κ1) is 21.7. The zero-order valence-electron chi connectivity index (χ0n) is 16.8. The minimum absolute atomic E-state index is 0.207. The van der Waals surface area contributed by atoms with E-state index in [0.29, 0.717) is 38.6 Å². The molecule has 152 valence electrons. The van der Waals surface area contributed by atoms with Crippen LogP contribution in [0, 0.1) is 6.92 Å². The molecule has 0 aliphatic heterocycles. The van der Waals surface area contributed by atoms with Crippen LogP contribution in [-0.4, -0.2) is 52.7 Å². The predicted molar refractivity (Wildman–Crippen MR) is 108 cm³/mol. The number of aryl methyl sites for hydroxylation is 1. The molecule has 0 aliphatic carbocycles. The molecule has 0 unspecified atom stereocenters. The number of esters is 1. The topological polar surface area (TPSA) is 63.2 Å². The van der Waals surface area contributed by atoms with Gasteiger partial charge in [-0.2, -0.15) is 0 Å². The van der Waals surface area contributed by atoms with Gasteiger partial charge in [0.05, 0.1) is 33.5 Å². The summed E-state index contributed by atoms with van der Waals surface area (Å²) < 4.78 is 27.2. The lowest BCUT2D eigenvalue weighted by Crippen LogP contribution is -2.14. The van der Waals surface area contributed by atoms with Crippen molar-refractivity contribution in [3.05, 3.63) is 48.0 Å². The predicted octanol–water partition coefficient (Wildman–Crippen LogP) is 3.69. The molecule has 0 aliphatic rings. The molecule has 0 bridgehead atoms. The molecule has 6 heteroatoms. The van der Waals surface area contributed by atoms with Crippen LogP contribution in [0.5, 0.6) is 11.5 Å². The summed E-state index contributed by atoms with van der Waals surface area (Å²) in [6, 6.07) is 9.98. The molecule has 0 spiro atoms. The van der Waals surface area contributed by atoms with E-state index in [1.807, 2.05) is 37.3 Å². The summed E-state index contributed by atoms with van der Waals surface area (Å²) in [4.78, 5) is 11.2. The second-order valence-corrected chi connectivity index (χ2v) is 6.26. The van der Waals surface area contributed by atoms with E-state index in [-0.39, 0.29) is 6.61 Å². The summed E-state index contributed by atoms with van der Waals surface area (Å²) in [5.41, 5.74) is 1.39. The van der Waals surface area contributed by atoms with Gasteiger partial charge in [0.25, 0.3) is 0 Å². The quantitative estimate of drug-likeness (QED) is 0.314. The number of hydrogen-bond donors (Lipinski definition) is 0. The highest BCUT2D eigenvalue weighted by molar-refractivity contribution is 5.94. The summed E-state index contributed by atoms with van der Waals surface area (Å²) >= 11 is 0. The third-order valence-corrected chi connectivity index (χ3v) is 4.02. The van der Waals surface area contributed by atoms with Crippen molar-refractivity contribution in [2.75, 3.05) is 46.8 Å². The van der Waals surface area contributed by atoms with Crippen molar-refractivity contribution < 1.29 is 28.5 Å². The fourth-order valence-electron chi connectivity index (χ4n) is 2.65. The second kappa shape index (κ2) is 11.3. The fraction of sp³-hybridized carbons (Fsp3) is 0.409. The second-order valence-electron chi connectivity index (χ2n) is 6.26. The van der Waals surface area contributed by atoms with Crippen molar-refractivity contribution in [1.29, 1.82) is 0 Å². The van der Waals surface area contributed by atoms with E-state index in [9.17, 15) is 4.79 Å². The van der Waals surface area contributed by atoms with Crippen molar-refractivity contribution in [1.82, 2.24) is 0 Å². The number of hydrogen-bond acceptors (Lipinski definition) is 6. The lowest BCUT2D eigenvalue weighted by molar-refractivity contribution is -0.140. The van der Waals surface area contributed by atoms with Crippen LogP contribution in [0.25, 0.3) is 10.8 Å². The molecule has 0 amide bonds. The SMILES string of the molecule is C=C(C)C(=O)OCCOCCOCCOc1c(C)cc(OC)c2ccccc12. The van der Waals surface area contributed by atoms with Gasteiger partial charge in [0.2, 0.25) is 0 Å². The van der Waals surface area contributed by atoms with E-state index >= 15 is 0 Å². The maximum absolute atomic E-state index is 11.2. The van der Waals surface area contributed by atoms with E-state index in [4.69, 9.17) is 23.7 Å². The van der Waals surface area contributed by atoms with Gasteiger partial charge >= 0.3 is 5.97 Å². The Morgan fingerprint density at radius 1 is 0.964 bits per heavy atom. The first-order valence-corrected chi connectivity index (χ1v) is 9.22. The van der Waals surface area contributed by atoms with E-state index < -0.39 is 5.97 Å². The molecule has 0 atom stereocenters. The minimum atomic E-state index is -0.404. The number of fused-ring (bicyclic) bond motifs is 1. The standard InChI is InChI=1S/C22H28O6/c1-16(2)22(23)28-14-12-26-10-9-25-11-13-27-21-17(3)15-20(24-4)18-7-5-6-8-19(18)21/h5-8,15H,1,9-14H2,2-4H3. The van der Waals surface area contributed by atoms with E-state index in [2.05, 4.69) is 6.58 Å². The van der Waals surface area contributed by atoms with Gasteiger partial charge in [-0.05, 0) is 25.5 Å². The molecule has 0 saturated heterocycles. The number of rotatable bonds is 12. The Morgan fingerprint density at radius 3 is 2.21 bits per heavy atom. The average Bonchev–Trinajstić information content (AvgIpc) is 2.69. The maximum Gasteiger partial charge on any atom is 0.333 e. The molecule has 6 nitrogen and oxygen atoms in total. The number of ether oxygens (including phenoxy) is 5. The van der Waals surface area contributed by atoms with Crippen LogP contribution < -0.4 is 9.47 Å². The Balaban J connectivity index is 1.67. The molecule has 0 radical (unpaired) electrons. The Labute approximate surface area is 166 Å². The average molecular weight is 388 g/mol. The van der Waals surface area contributed by atoms with Gasteiger partial charge in [-0.3, -0.25) is 0 Å². The van der Waals surface area contributed by atoms with Crippen molar-refractivity contribution in [3.63, 3.8) is 0 Å². The van der Waals surface area contributed by atoms with Gasteiger partial charge in [0.1, 0.15) is 24.7 Å². The van der Waals surface area contributed by atoms with Crippen molar-refractivity contribution in [2.24, 2.45) is 0 Å². The first-order valence-electron chi connectivity index (χ1n) is 9.22. The molecule has 2 aromatic rings. The minimum Gasteiger partial charge on any atom is -0.496 e. The number of methoxy groups -OCH3 is 1. The van der Waals surface area contributed by atoms with Gasteiger partial charge in [0, 0.05) is 16.3 Å². The molecular weight excluding hydrogens is 360 g/mol. The Bertz CT molecular complexity index is 799. The van der Waals surface area contributed by atoms with E-state index in [1.54, 1.807) is 14.0 Å².